The summed E-state index contributed by atoms with van der Waals surface area (Å²) in [5, 5.41) is 1.27. The molecule has 10 rings (SSSR count). The molecule has 0 unspecified atom stereocenters. The quantitative estimate of drug-likeness (QED) is 0.185. The standard InChI is InChI=1S/C45H29N5/c1-2-15-30(16-3-1)31-17-14-18-32(29-31)43-46-44(48-45(47-43)50-40-26-11-6-21-35(40)36-22-7-12-27-41(36)50)37-23-8-13-28-42(37)49-38-24-9-4-19-33(38)34-20-5-10-25-39(34)49/h1-29H/i1D,2D,3D,6D,7D,11D,12D,14D,15D,16D,17D,18D,21D,22D,26D,27D,29D. The largest absolute Gasteiger partial charge is 0.309 e. The maximum absolute atomic E-state index is 9.56. The summed E-state index contributed by atoms with van der Waals surface area (Å²) in [4.78, 5) is 14.4. The monoisotopic (exact) mass is 656 g/mol. The van der Waals surface area contributed by atoms with E-state index in [0.29, 0.717) is 11.3 Å². The molecule has 0 spiro atoms. The lowest BCUT2D eigenvalue weighted by Crippen LogP contribution is -2.07. The highest BCUT2D eigenvalue weighted by atomic mass is 15.2. The zero-order chi connectivity index (χ0) is 47.8. The lowest BCUT2D eigenvalue weighted by atomic mass is 10.0. The molecule has 0 N–H and O–H groups in total. The van der Waals surface area contributed by atoms with Gasteiger partial charge in [-0.1, -0.05) is 133 Å². The molecule has 0 aliphatic heterocycles. The van der Waals surface area contributed by atoms with Gasteiger partial charge < -0.3 is 4.57 Å². The molecule has 0 aliphatic carbocycles. The molecular formula is C45H29N5. The van der Waals surface area contributed by atoms with Crippen molar-refractivity contribution in [3.63, 3.8) is 0 Å². The van der Waals surface area contributed by atoms with E-state index in [0.717, 1.165) is 26.4 Å². The van der Waals surface area contributed by atoms with Crippen LogP contribution in [0.1, 0.15) is 23.3 Å². The van der Waals surface area contributed by atoms with Gasteiger partial charge in [0.05, 0.1) is 51.1 Å². The molecule has 5 nitrogen and oxygen atoms in total. The van der Waals surface area contributed by atoms with Crippen LogP contribution in [0.25, 0.3) is 89.2 Å². The van der Waals surface area contributed by atoms with E-state index in [1.807, 2.05) is 53.1 Å². The van der Waals surface area contributed by atoms with Crippen LogP contribution >= 0.6 is 0 Å². The Morgan fingerprint density at radius 2 is 0.960 bits per heavy atom. The Labute approximate surface area is 312 Å². The van der Waals surface area contributed by atoms with E-state index < -0.39 is 131 Å². The summed E-state index contributed by atoms with van der Waals surface area (Å²) in [7, 11) is 0. The summed E-state index contributed by atoms with van der Waals surface area (Å²) in [6.07, 6.45) is 0. The second kappa shape index (κ2) is 11.4. The lowest BCUT2D eigenvalue weighted by molar-refractivity contribution is 0.952. The zero-order valence-corrected chi connectivity index (χ0v) is 25.7. The van der Waals surface area contributed by atoms with Gasteiger partial charge in [-0.15, -0.1) is 0 Å². The molecule has 7 aromatic carbocycles. The van der Waals surface area contributed by atoms with E-state index in [-0.39, 0.29) is 27.6 Å². The van der Waals surface area contributed by atoms with Gasteiger partial charge in [0.1, 0.15) is 0 Å². The van der Waals surface area contributed by atoms with Crippen LogP contribution in [0.4, 0.5) is 0 Å². The van der Waals surface area contributed by atoms with Gasteiger partial charge in [0.15, 0.2) is 11.6 Å². The predicted octanol–water partition coefficient (Wildman–Crippen LogP) is 11.1. The Hall–Kier alpha value is -6.85. The van der Waals surface area contributed by atoms with Gasteiger partial charge in [0, 0.05) is 32.7 Å². The normalized spacial score (nSPS) is 16.4. The number of hydrogen-bond donors (Lipinski definition) is 0. The van der Waals surface area contributed by atoms with E-state index >= 15 is 0 Å². The first-order chi connectivity index (χ1) is 31.9. The molecule has 0 fully saturated rings. The minimum Gasteiger partial charge on any atom is -0.309 e. The third kappa shape index (κ3) is 4.45. The lowest BCUT2D eigenvalue weighted by Gasteiger charge is -2.15. The van der Waals surface area contributed by atoms with E-state index in [9.17, 15) is 2.74 Å². The number of benzene rings is 7. The molecule has 0 bridgehead atoms. The zero-order valence-electron chi connectivity index (χ0n) is 42.7. The third-order valence-electron chi connectivity index (χ3n) is 8.42. The van der Waals surface area contributed by atoms with Crippen LogP contribution in [0.2, 0.25) is 0 Å². The second-order valence-corrected chi connectivity index (χ2v) is 11.2. The number of hydrogen-bond acceptors (Lipinski definition) is 3. The summed E-state index contributed by atoms with van der Waals surface area (Å²) in [6.45, 7) is 0. The van der Waals surface area contributed by atoms with Gasteiger partial charge in [-0.2, -0.15) is 9.97 Å². The molecule has 10 aromatic rings. The van der Waals surface area contributed by atoms with Crippen LogP contribution < -0.4 is 0 Å². The minimum absolute atomic E-state index is 0.182. The van der Waals surface area contributed by atoms with Crippen molar-refractivity contribution in [3.05, 3.63) is 176 Å². The van der Waals surface area contributed by atoms with Crippen LogP contribution in [-0.4, -0.2) is 24.1 Å². The van der Waals surface area contributed by atoms with Crippen molar-refractivity contribution < 1.29 is 23.3 Å². The Morgan fingerprint density at radius 3 is 1.68 bits per heavy atom. The molecule has 0 atom stereocenters. The maximum Gasteiger partial charge on any atom is 0.238 e. The smallest absolute Gasteiger partial charge is 0.238 e. The Bertz CT molecular complexity index is 3700. The number of nitrogens with zero attached hydrogens (tertiary/aromatic N) is 5. The maximum atomic E-state index is 9.56. The number of fused-ring (bicyclic) bond motifs is 6. The topological polar surface area (TPSA) is 48.5 Å². The summed E-state index contributed by atoms with van der Waals surface area (Å²) in [6, 6.07) is 9.96. The van der Waals surface area contributed by atoms with E-state index in [2.05, 4.69) is 4.98 Å². The molecule has 3 aromatic heterocycles. The third-order valence-corrected chi connectivity index (χ3v) is 8.42. The van der Waals surface area contributed by atoms with Crippen LogP contribution in [0.3, 0.4) is 0 Å². The van der Waals surface area contributed by atoms with Crippen molar-refractivity contribution >= 4 is 43.6 Å². The van der Waals surface area contributed by atoms with E-state index in [1.54, 1.807) is 24.3 Å². The Kier molecular flexibility index (Phi) is 3.65. The van der Waals surface area contributed by atoms with Gasteiger partial charge in [0.25, 0.3) is 0 Å². The highest BCUT2D eigenvalue weighted by Gasteiger charge is 2.21. The van der Waals surface area contributed by atoms with Gasteiger partial charge in [-0.3, -0.25) is 4.57 Å². The summed E-state index contributed by atoms with van der Waals surface area (Å²) in [5.74, 6) is -1.22. The van der Waals surface area contributed by atoms with Crippen molar-refractivity contribution in [3.8, 4) is 45.5 Å². The van der Waals surface area contributed by atoms with Crippen molar-refractivity contribution in [2.24, 2.45) is 0 Å². The Morgan fingerprint density at radius 1 is 0.400 bits per heavy atom. The summed E-state index contributed by atoms with van der Waals surface area (Å²) in [5.41, 5.74) is -0.0299. The van der Waals surface area contributed by atoms with Gasteiger partial charge >= 0.3 is 0 Å². The highest BCUT2D eigenvalue weighted by Crippen LogP contribution is 2.37. The first-order valence-electron chi connectivity index (χ1n) is 23.9. The number of para-hydroxylation sites is 5. The Balaban J connectivity index is 1.40. The number of aromatic nitrogens is 5. The van der Waals surface area contributed by atoms with Gasteiger partial charge in [-0.05, 0) is 53.5 Å². The van der Waals surface area contributed by atoms with Crippen LogP contribution in [0.5, 0.6) is 0 Å². The van der Waals surface area contributed by atoms with E-state index in [1.165, 1.54) is 0 Å². The molecule has 0 radical (unpaired) electrons. The van der Waals surface area contributed by atoms with Crippen molar-refractivity contribution in [1.82, 2.24) is 24.1 Å². The molecule has 5 heteroatoms. The van der Waals surface area contributed by atoms with Gasteiger partial charge in [-0.25, -0.2) is 4.98 Å². The molecule has 0 saturated heterocycles. The molecular weight excluding hydrogens is 611 g/mol. The van der Waals surface area contributed by atoms with Crippen LogP contribution in [-0.2, 0) is 0 Å². The predicted molar refractivity (Wildman–Crippen MR) is 205 cm³/mol. The van der Waals surface area contributed by atoms with Crippen LogP contribution in [0, 0.1) is 0 Å². The first kappa shape index (κ1) is 16.0. The molecule has 0 saturated carbocycles. The van der Waals surface area contributed by atoms with Crippen molar-refractivity contribution in [2.75, 3.05) is 0 Å². The number of rotatable bonds is 5. The first-order valence-corrected chi connectivity index (χ1v) is 15.4. The van der Waals surface area contributed by atoms with E-state index in [4.69, 9.17) is 30.5 Å². The SMILES string of the molecule is [2H]c1c([2H])c([2H])c(-c2c([2H])c([2H])c([2H])c(-c3nc(-c4ccccc4-n4c5ccccc5c5ccccc54)nc(-n4c5c([2H])c([2H])c([2H])c([2H])c5c5c([2H])c([2H])c([2H])c([2H])c54)n3)c2[2H])c([2H])c1[2H]. The summed E-state index contributed by atoms with van der Waals surface area (Å²) < 4.78 is 153. The van der Waals surface area contributed by atoms with Crippen molar-refractivity contribution in [2.45, 2.75) is 0 Å². The van der Waals surface area contributed by atoms with Crippen molar-refractivity contribution in [1.29, 1.82) is 0 Å². The fourth-order valence-electron chi connectivity index (χ4n) is 6.31. The fourth-order valence-corrected chi connectivity index (χ4v) is 6.31. The van der Waals surface area contributed by atoms with Gasteiger partial charge in [0.2, 0.25) is 5.95 Å². The average molecular weight is 657 g/mol. The minimum atomic E-state index is -0.818. The van der Waals surface area contributed by atoms with Crippen LogP contribution in [0.15, 0.2) is 176 Å². The fraction of sp³-hybridized carbons (Fsp3) is 0. The average Bonchev–Trinajstić information content (AvgIpc) is 3.87. The second-order valence-electron chi connectivity index (χ2n) is 11.2. The molecule has 3 heterocycles. The highest BCUT2D eigenvalue weighted by molar-refractivity contribution is 6.10. The molecule has 234 valence electrons. The molecule has 50 heavy (non-hydrogen) atoms. The molecule has 0 aliphatic rings. The molecule has 0 amide bonds. The summed E-state index contributed by atoms with van der Waals surface area (Å²) >= 11 is 0.